The second-order valence-corrected chi connectivity index (χ2v) is 7.99. The van der Waals surface area contributed by atoms with E-state index in [0.29, 0.717) is 11.4 Å². The molecule has 3 aromatic rings. The minimum atomic E-state index is -0.592. The van der Waals surface area contributed by atoms with Gasteiger partial charge in [-0.25, -0.2) is 24.3 Å². The first-order chi connectivity index (χ1) is 15.5. The van der Waals surface area contributed by atoms with Gasteiger partial charge in [0.15, 0.2) is 5.82 Å². The number of fused-ring (bicyclic) bond motifs is 1. The number of carbonyl (C=O) groups excluding carboxylic acids is 1. The maximum Gasteiger partial charge on any atom is 0.251 e. The fourth-order valence-corrected chi connectivity index (χ4v) is 3.75. The van der Waals surface area contributed by atoms with Gasteiger partial charge in [0.05, 0.1) is 11.3 Å². The van der Waals surface area contributed by atoms with Crippen molar-refractivity contribution in [1.82, 2.24) is 24.8 Å². The Hall–Kier alpha value is -3.46. The molecule has 0 unspecified atom stereocenters. The van der Waals surface area contributed by atoms with Gasteiger partial charge in [0, 0.05) is 62.3 Å². The Labute approximate surface area is 186 Å². The average Bonchev–Trinajstić information content (AvgIpc) is 3.34. The molecular formula is C23H26FN7O. The van der Waals surface area contributed by atoms with Gasteiger partial charge < -0.3 is 15.5 Å². The van der Waals surface area contributed by atoms with Gasteiger partial charge >= 0.3 is 0 Å². The zero-order valence-electron chi connectivity index (χ0n) is 18.0. The third kappa shape index (κ3) is 5.23. The summed E-state index contributed by atoms with van der Waals surface area (Å²) in [5.41, 5.74) is 8.38. The van der Waals surface area contributed by atoms with Crippen LogP contribution in [-0.4, -0.2) is 57.4 Å². The van der Waals surface area contributed by atoms with Crippen LogP contribution in [0.4, 0.5) is 10.3 Å². The van der Waals surface area contributed by atoms with Crippen molar-refractivity contribution < 1.29 is 9.18 Å². The number of hydrogen-bond donors (Lipinski definition) is 1. The van der Waals surface area contributed by atoms with Gasteiger partial charge in [-0.1, -0.05) is 12.1 Å². The number of likely N-dealkylation sites (N-methyl/N-ethyl adjacent to an activating group) is 1. The molecule has 166 valence electrons. The van der Waals surface area contributed by atoms with E-state index in [1.807, 2.05) is 6.20 Å². The zero-order valence-corrected chi connectivity index (χ0v) is 18.0. The summed E-state index contributed by atoms with van der Waals surface area (Å²) >= 11 is 0. The predicted octanol–water partition coefficient (Wildman–Crippen LogP) is 2.45. The number of hydrogen-bond acceptors (Lipinski definition) is 7. The van der Waals surface area contributed by atoms with E-state index in [2.05, 4.69) is 31.8 Å². The molecule has 2 aliphatic rings. The molecule has 9 heteroatoms. The molecule has 8 nitrogen and oxygen atoms in total. The molecule has 0 saturated carbocycles. The third-order valence-electron chi connectivity index (χ3n) is 5.52. The molecule has 1 saturated heterocycles. The highest BCUT2D eigenvalue weighted by Crippen LogP contribution is 2.20. The van der Waals surface area contributed by atoms with Gasteiger partial charge in [-0.3, -0.25) is 4.79 Å². The van der Waals surface area contributed by atoms with Gasteiger partial charge in [-0.2, -0.15) is 0 Å². The molecule has 0 atom stereocenters. The maximum atomic E-state index is 12.9. The SMILES string of the molecule is CN1CCc2nc(N3CCCC3)ncc2C1.NC(=O)c1cnc(-c2cccc(F)c2)nc1. The number of halogens is 1. The van der Waals surface area contributed by atoms with Gasteiger partial charge in [-0.05, 0) is 32.0 Å². The van der Waals surface area contributed by atoms with Crippen LogP contribution in [0.5, 0.6) is 0 Å². The Bertz CT molecular complexity index is 1080. The first-order valence-electron chi connectivity index (χ1n) is 10.7. The quantitative estimate of drug-likeness (QED) is 0.674. The van der Waals surface area contributed by atoms with Crippen molar-refractivity contribution in [3.63, 3.8) is 0 Å². The predicted molar refractivity (Wildman–Crippen MR) is 119 cm³/mol. The topological polar surface area (TPSA) is 101 Å². The Morgan fingerprint density at radius 1 is 1.06 bits per heavy atom. The maximum absolute atomic E-state index is 12.9. The lowest BCUT2D eigenvalue weighted by molar-refractivity contribution is 0.0999. The molecular weight excluding hydrogens is 409 g/mol. The minimum Gasteiger partial charge on any atom is -0.366 e. The van der Waals surface area contributed by atoms with E-state index in [1.54, 1.807) is 12.1 Å². The molecule has 2 aromatic heterocycles. The fraction of sp³-hybridized carbons (Fsp3) is 0.348. The molecule has 1 aromatic carbocycles. The van der Waals surface area contributed by atoms with E-state index in [4.69, 9.17) is 10.7 Å². The number of primary amides is 1. The van der Waals surface area contributed by atoms with Gasteiger partial charge in [-0.15, -0.1) is 0 Å². The molecule has 1 amide bonds. The highest BCUT2D eigenvalue weighted by Gasteiger charge is 2.19. The van der Waals surface area contributed by atoms with Crippen molar-refractivity contribution in [2.75, 3.05) is 31.6 Å². The molecule has 1 fully saturated rings. The van der Waals surface area contributed by atoms with Crippen LogP contribution < -0.4 is 10.6 Å². The standard InChI is InChI=1S/C12H18N4.C11H8FN3O/c1-15-7-4-11-10(9-15)8-13-12(14-11)16-5-2-3-6-16;12-9-3-1-2-7(4-9)11-14-5-8(6-15-11)10(13)16/h8H,2-7,9H2,1H3;1-6H,(H2,13,16). The smallest absolute Gasteiger partial charge is 0.251 e. The largest absolute Gasteiger partial charge is 0.366 e. The van der Waals surface area contributed by atoms with Gasteiger partial charge in [0.25, 0.3) is 5.91 Å². The van der Waals surface area contributed by atoms with Crippen molar-refractivity contribution in [1.29, 1.82) is 0 Å². The lowest BCUT2D eigenvalue weighted by atomic mass is 10.1. The number of aromatic nitrogens is 4. The highest BCUT2D eigenvalue weighted by molar-refractivity contribution is 5.92. The molecule has 32 heavy (non-hydrogen) atoms. The molecule has 4 heterocycles. The van der Waals surface area contributed by atoms with E-state index in [0.717, 1.165) is 38.5 Å². The fourth-order valence-electron chi connectivity index (χ4n) is 3.75. The van der Waals surface area contributed by atoms with Crippen LogP contribution in [0.2, 0.25) is 0 Å². The van der Waals surface area contributed by atoms with Crippen molar-refractivity contribution in [3.05, 3.63) is 65.5 Å². The van der Waals surface area contributed by atoms with Crippen molar-refractivity contribution >= 4 is 11.9 Å². The number of carbonyl (C=O) groups is 1. The van der Waals surface area contributed by atoms with Gasteiger partial charge in [0.1, 0.15) is 5.82 Å². The minimum absolute atomic E-state index is 0.222. The van der Waals surface area contributed by atoms with E-state index >= 15 is 0 Å². The molecule has 2 N–H and O–H groups in total. The molecule has 0 radical (unpaired) electrons. The lowest BCUT2D eigenvalue weighted by Gasteiger charge is -2.25. The van der Waals surface area contributed by atoms with E-state index < -0.39 is 5.91 Å². The zero-order chi connectivity index (χ0) is 22.5. The van der Waals surface area contributed by atoms with Crippen molar-refractivity contribution in [2.45, 2.75) is 25.8 Å². The number of nitrogens with two attached hydrogens (primary N) is 1. The summed E-state index contributed by atoms with van der Waals surface area (Å²) < 4.78 is 12.9. The second-order valence-electron chi connectivity index (χ2n) is 7.99. The van der Waals surface area contributed by atoms with Crippen LogP contribution in [0, 0.1) is 5.82 Å². The summed E-state index contributed by atoms with van der Waals surface area (Å²) in [6.07, 6.45) is 8.28. The number of rotatable bonds is 3. The van der Waals surface area contributed by atoms with Crippen molar-refractivity contribution in [2.24, 2.45) is 5.73 Å². The highest BCUT2D eigenvalue weighted by atomic mass is 19.1. The Morgan fingerprint density at radius 2 is 1.81 bits per heavy atom. The summed E-state index contributed by atoms with van der Waals surface area (Å²) in [5.74, 6) is 0.344. The van der Waals surface area contributed by atoms with Crippen molar-refractivity contribution in [3.8, 4) is 11.4 Å². The number of benzene rings is 1. The molecule has 0 aliphatic carbocycles. The Morgan fingerprint density at radius 3 is 2.50 bits per heavy atom. The average molecular weight is 436 g/mol. The number of nitrogens with zero attached hydrogens (tertiary/aromatic N) is 6. The van der Waals surface area contributed by atoms with Crippen LogP contribution in [0.3, 0.4) is 0 Å². The summed E-state index contributed by atoms with van der Waals surface area (Å²) in [7, 11) is 2.15. The molecule has 5 rings (SSSR count). The molecule has 2 aliphatic heterocycles. The molecule has 0 bridgehead atoms. The van der Waals surface area contributed by atoms with Crippen LogP contribution in [-0.2, 0) is 13.0 Å². The lowest BCUT2D eigenvalue weighted by Crippen LogP contribution is -2.29. The van der Waals surface area contributed by atoms with Gasteiger partial charge in [0.2, 0.25) is 5.95 Å². The van der Waals surface area contributed by atoms with Crippen LogP contribution in [0.1, 0.15) is 34.5 Å². The monoisotopic (exact) mass is 435 g/mol. The summed E-state index contributed by atoms with van der Waals surface area (Å²) in [6.45, 7) is 4.36. The van der Waals surface area contributed by atoms with E-state index in [-0.39, 0.29) is 11.4 Å². The van der Waals surface area contributed by atoms with Crippen LogP contribution in [0.25, 0.3) is 11.4 Å². The first kappa shape index (κ1) is 21.8. The Kier molecular flexibility index (Phi) is 6.65. The third-order valence-corrected chi connectivity index (χ3v) is 5.52. The van der Waals surface area contributed by atoms with E-state index in [1.165, 1.54) is 48.6 Å². The first-order valence-corrected chi connectivity index (χ1v) is 10.7. The molecule has 0 spiro atoms. The van der Waals surface area contributed by atoms with Crippen LogP contribution >= 0.6 is 0 Å². The van der Waals surface area contributed by atoms with E-state index in [9.17, 15) is 9.18 Å². The van der Waals surface area contributed by atoms with Crippen LogP contribution in [0.15, 0.2) is 42.9 Å². The number of amides is 1. The summed E-state index contributed by atoms with van der Waals surface area (Å²) in [5, 5.41) is 0. The second kappa shape index (κ2) is 9.78. The summed E-state index contributed by atoms with van der Waals surface area (Å²) in [6, 6.07) is 5.90. The number of anilines is 1. The Balaban J connectivity index is 0.000000153. The normalized spacial score (nSPS) is 15.6. The summed E-state index contributed by atoms with van der Waals surface area (Å²) in [4.78, 5) is 32.5.